The van der Waals surface area contributed by atoms with Crippen LogP contribution in [0, 0.1) is 0 Å². The molecule has 0 saturated carbocycles. The van der Waals surface area contributed by atoms with Crippen LogP contribution in [0.4, 0.5) is 4.79 Å². The van der Waals surface area contributed by atoms with Crippen molar-refractivity contribution in [1.82, 2.24) is 0 Å². The fraction of sp³-hybridized carbons (Fsp3) is 0.800. The zero-order valence-electron chi connectivity index (χ0n) is 5.76. The molecule has 3 nitrogen and oxygen atoms in total. The van der Waals surface area contributed by atoms with Crippen LogP contribution in [0.3, 0.4) is 0 Å². The van der Waals surface area contributed by atoms with Gasteiger partial charge in [0.2, 0.25) is 0 Å². The van der Waals surface area contributed by atoms with Crippen LogP contribution in [0.1, 0.15) is 0 Å². The van der Waals surface area contributed by atoms with Gasteiger partial charge in [-0.25, -0.2) is 4.79 Å². The Labute approximate surface area is 56.2 Å². The summed E-state index contributed by atoms with van der Waals surface area (Å²) >= 11 is 0. The van der Waals surface area contributed by atoms with Crippen molar-refractivity contribution >= 4 is 15.0 Å². The lowest BCUT2D eigenvalue weighted by atomic mass is 10.8. The van der Waals surface area contributed by atoms with Crippen molar-refractivity contribution in [1.29, 1.82) is 0 Å². The van der Waals surface area contributed by atoms with E-state index in [4.69, 9.17) is 5.11 Å². The van der Waals surface area contributed by atoms with Crippen molar-refractivity contribution in [3.63, 3.8) is 0 Å². The minimum atomic E-state index is -1.16. The molecule has 0 saturated heterocycles. The van der Waals surface area contributed by atoms with Gasteiger partial charge in [0.05, 0.1) is 6.61 Å². The molecular weight excluding hydrogens is 136 g/mol. The molecule has 0 aliphatic carbocycles. The zero-order chi connectivity index (χ0) is 7.28. The van der Waals surface area contributed by atoms with Crippen LogP contribution in [0.2, 0.25) is 19.1 Å². The molecule has 0 aromatic rings. The average Bonchev–Trinajstić information content (AvgIpc) is 1.63. The fourth-order valence-electron chi connectivity index (χ4n) is 0.382. The van der Waals surface area contributed by atoms with Gasteiger partial charge in [0, 0.05) is 8.80 Å². The molecule has 0 aliphatic rings. The third-order valence-corrected chi connectivity index (χ3v) is 2.31. The van der Waals surface area contributed by atoms with Gasteiger partial charge in [0.15, 0.2) is 0 Å². The Hall–Kier alpha value is -0.513. The van der Waals surface area contributed by atoms with E-state index in [2.05, 4.69) is 17.8 Å². The molecule has 0 aliphatic heterocycles. The van der Waals surface area contributed by atoms with Gasteiger partial charge >= 0.3 is 6.16 Å². The first kappa shape index (κ1) is 8.49. The highest BCUT2D eigenvalue weighted by atomic mass is 28.3. The van der Waals surface area contributed by atoms with E-state index in [0.717, 1.165) is 6.04 Å². The first-order chi connectivity index (χ1) is 4.13. The molecule has 0 unspecified atom stereocenters. The van der Waals surface area contributed by atoms with Gasteiger partial charge in [0.1, 0.15) is 0 Å². The van der Waals surface area contributed by atoms with Crippen molar-refractivity contribution in [2.75, 3.05) is 6.61 Å². The summed E-state index contributed by atoms with van der Waals surface area (Å²) < 4.78 is 4.30. The molecule has 0 heterocycles. The Balaban J connectivity index is 3.01. The third kappa shape index (κ3) is 7.49. The predicted molar refractivity (Wildman–Crippen MR) is 37.7 cm³/mol. The molecule has 0 fully saturated rings. The summed E-state index contributed by atoms with van der Waals surface area (Å²) in [6.07, 6.45) is -1.16. The van der Waals surface area contributed by atoms with Crippen molar-refractivity contribution in [2.45, 2.75) is 19.1 Å². The summed E-state index contributed by atoms with van der Waals surface area (Å²) in [6, 6.07) is 0.937. The molecule has 0 radical (unpaired) electrons. The van der Waals surface area contributed by atoms with Gasteiger partial charge in [-0.1, -0.05) is 13.1 Å². The van der Waals surface area contributed by atoms with Gasteiger partial charge in [-0.2, -0.15) is 0 Å². The Morgan fingerprint density at radius 3 is 2.56 bits per heavy atom. The second kappa shape index (κ2) is 4.37. The van der Waals surface area contributed by atoms with Crippen molar-refractivity contribution < 1.29 is 14.6 Å². The molecular formula is C5H12O3Si. The molecule has 4 heteroatoms. The van der Waals surface area contributed by atoms with Crippen LogP contribution >= 0.6 is 0 Å². The van der Waals surface area contributed by atoms with Crippen LogP contribution in [0.5, 0.6) is 0 Å². The quantitative estimate of drug-likeness (QED) is 0.482. The van der Waals surface area contributed by atoms with Crippen LogP contribution in [0.25, 0.3) is 0 Å². The molecule has 0 rings (SSSR count). The van der Waals surface area contributed by atoms with E-state index in [-0.39, 0.29) is 0 Å². The third-order valence-electron chi connectivity index (χ3n) is 0.921. The molecule has 0 spiro atoms. The molecule has 54 valence electrons. The number of rotatable bonds is 3. The fourth-order valence-corrected chi connectivity index (χ4v) is 0.971. The van der Waals surface area contributed by atoms with Crippen LogP contribution in [0.15, 0.2) is 0 Å². The van der Waals surface area contributed by atoms with Crippen molar-refractivity contribution in [3.8, 4) is 0 Å². The summed E-state index contributed by atoms with van der Waals surface area (Å²) in [4.78, 5) is 9.77. The van der Waals surface area contributed by atoms with Crippen LogP contribution in [-0.2, 0) is 4.74 Å². The van der Waals surface area contributed by atoms with Crippen molar-refractivity contribution in [2.24, 2.45) is 0 Å². The summed E-state index contributed by atoms with van der Waals surface area (Å²) in [5.74, 6) is 0. The van der Waals surface area contributed by atoms with E-state index in [1.165, 1.54) is 0 Å². The van der Waals surface area contributed by atoms with E-state index >= 15 is 0 Å². The zero-order valence-corrected chi connectivity index (χ0v) is 6.91. The number of ether oxygens (including phenoxy) is 1. The highest BCUT2D eigenvalue weighted by Crippen LogP contribution is 1.90. The molecule has 0 aromatic carbocycles. The topological polar surface area (TPSA) is 46.5 Å². The number of hydrogen-bond donors (Lipinski definition) is 1. The van der Waals surface area contributed by atoms with Gasteiger partial charge in [-0.15, -0.1) is 0 Å². The first-order valence-electron chi connectivity index (χ1n) is 2.98. The predicted octanol–water partition coefficient (Wildman–Crippen LogP) is 1.17. The maximum Gasteiger partial charge on any atom is 0.505 e. The van der Waals surface area contributed by atoms with Gasteiger partial charge in [-0.3, -0.25) is 0 Å². The maximum absolute atomic E-state index is 9.77. The second-order valence-electron chi connectivity index (χ2n) is 2.30. The lowest BCUT2D eigenvalue weighted by Crippen LogP contribution is -2.08. The molecule has 1 N–H and O–H groups in total. The molecule has 0 bridgehead atoms. The van der Waals surface area contributed by atoms with E-state index in [9.17, 15) is 4.79 Å². The average molecular weight is 148 g/mol. The Bertz CT molecular complexity index is 92.2. The second-order valence-corrected chi connectivity index (χ2v) is 5.66. The largest absolute Gasteiger partial charge is 0.505 e. The summed E-state index contributed by atoms with van der Waals surface area (Å²) in [6.45, 7) is 4.69. The van der Waals surface area contributed by atoms with Crippen LogP contribution < -0.4 is 0 Å². The van der Waals surface area contributed by atoms with Crippen LogP contribution in [-0.4, -0.2) is 26.7 Å². The summed E-state index contributed by atoms with van der Waals surface area (Å²) in [5, 5.41) is 8.02. The van der Waals surface area contributed by atoms with E-state index < -0.39 is 15.0 Å². The van der Waals surface area contributed by atoms with E-state index in [0.29, 0.717) is 6.61 Å². The Kier molecular flexibility index (Phi) is 4.12. The molecule has 0 atom stereocenters. The lowest BCUT2D eigenvalue weighted by molar-refractivity contribution is 0.0965. The molecule has 0 amide bonds. The number of carbonyl (C=O) groups is 1. The SMILES string of the molecule is C[SiH](C)CCOC(=O)O. The minimum absolute atomic E-state index is 0.374. The summed E-state index contributed by atoms with van der Waals surface area (Å²) in [7, 11) is -0.618. The van der Waals surface area contributed by atoms with Crippen molar-refractivity contribution in [3.05, 3.63) is 0 Å². The maximum atomic E-state index is 9.77. The Morgan fingerprint density at radius 2 is 2.22 bits per heavy atom. The van der Waals surface area contributed by atoms with Gasteiger partial charge in [0.25, 0.3) is 0 Å². The standard InChI is InChI=1S/C5H12O3Si/c1-9(2)4-3-8-5(6)7/h9H,3-4H2,1-2H3,(H,6,7). The lowest BCUT2D eigenvalue weighted by Gasteiger charge is -2.00. The normalized spacial score (nSPS) is 9.67. The Morgan fingerprint density at radius 1 is 1.67 bits per heavy atom. The highest BCUT2D eigenvalue weighted by molar-refractivity contribution is 6.55. The van der Waals surface area contributed by atoms with E-state index in [1.54, 1.807) is 0 Å². The number of carboxylic acid groups (broad SMARTS) is 1. The molecule has 9 heavy (non-hydrogen) atoms. The first-order valence-corrected chi connectivity index (χ1v) is 6.11. The van der Waals surface area contributed by atoms with E-state index in [1.807, 2.05) is 0 Å². The van der Waals surface area contributed by atoms with Gasteiger partial charge in [-0.05, 0) is 6.04 Å². The monoisotopic (exact) mass is 148 g/mol. The summed E-state index contributed by atoms with van der Waals surface area (Å²) in [5.41, 5.74) is 0. The highest BCUT2D eigenvalue weighted by Gasteiger charge is 1.98. The molecule has 0 aromatic heterocycles. The smallest absolute Gasteiger partial charge is 0.450 e. The number of hydrogen-bond acceptors (Lipinski definition) is 2. The van der Waals surface area contributed by atoms with Gasteiger partial charge < -0.3 is 9.84 Å². The minimum Gasteiger partial charge on any atom is -0.450 e.